The second kappa shape index (κ2) is 7.77. The maximum Gasteiger partial charge on any atom is 0.171 e. The molecule has 0 atom stereocenters. The number of thiophene rings is 1. The molecule has 0 aromatic carbocycles. The van der Waals surface area contributed by atoms with Gasteiger partial charge in [0, 0.05) is 20.0 Å². The fourth-order valence-electron chi connectivity index (χ4n) is 1.88. The summed E-state index contributed by atoms with van der Waals surface area (Å²) in [4.78, 5) is 15.5. The Bertz CT molecular complexity index is 428. The van der Waals surface area contributed by atoms with Crippen LogP contribution in [-0.4, -0.2) is 43.1 Å². The average Bonchev–Trinajstić information content (AvgIpc) is 2.71. The maximum absolute atomic E-state index is 11.5. The van der Waals surface area contributed by atoms with Gasteiger partial charge in [0.1, 0.15) is 5.00 Å². The molecular weight excluding hydrogens is 278 g/mol. The van der Waals surface area contributed by atoms with E-state index in [4.69, 9.17) is 5.73 Å². The van der Waals surface area contributed by atoms with E-state index in [1.54, 1.807) is 18.7 Å². The third kappa shape index (κ3) is 4.12. The van der Waals surface area contributed by atoms with Crippen LogP contribution in [0.1, 0.15) is 30.4 Å². The van der Waals surface area contributed by atoms with E-state index in [0.717, 1.165) is 36.1 Å². The standard InChI is InChI=1S/C13H23N3OS2/c1-5-16(6-2)8-7-15-13-12(18-4)10(14)11(19-13)9(3)17/h15H,5-8,14H2,1-4H3. The van der Waals surface area contributed by atoms with E-state index < -0.39 is 0 Å². The zero-order chi connectivity index (χ0) is 14.4. The number of carbonyl (C=O) groups is 1. The molecule has 0 unspecified atom stereocenters. The van der Waals surface area contributed by atoms with E-state index in [1.807, 2.05) is 6.26 Å². The summed E-state index contributed by atoms with van der Waals surface area (Å²) in [6.07, 6.45) is 1.98. The first-order chi connectivity index (χ1) is 9.04. The van der Waals surface area contributed by atoms with Crippen LogP contribution in [0.15, 0.2) is 4.90 Å². The molecule has 0 bridgehead atoms. The van der Waals surface area contributed by atoms with E-state index in [0.29, 0.717) is 10.6 Å². The van der Waals surface area contributed by atoms with Gasteiger partial charge in [0.2, 0.25) is 0 Å². The number of hydrogen-bond acceptors (Lipinski definition) is 6. The minimum absolute atomic E-state index is 0.0367. The number of rotatable bonds is 8. The largest absolute Gasteiger partial charge is 0.396 e. The number of hydrogen-bond donors (Lipinski definition) is 2. The Morgan fingerprint density at radius 3 is 2.53 bits per heavy atom. The van der Waals surface area contributed by atoms with Gasteiger partial charge < -0.3 is 16.0 Å². The molecule has 1 heterocycles. The van der Waals surface area contributed by atoms with Gasteiger partial charge in [0.05, 0.1) is 15.5 Å². The summed E-state index contributed by atoms with van der Waals surface area (Å²) in [6, 6.07) is 0. The van der Waals surface area contributed by atoms with Gasteiger partial charge in [-0.1, -0.05) is 13.8 Å². The van der Waals surface area contributed by atoms with Crippen LogP contribution in [0.3, 0.4) is 0 Å². The van der Waals surface area contributed by atoms with Crippen LogP contribution in [0.4, 0.5) is 10.7 Å². The van der Waals surface area contributed by atoms with Crippen molar-refractivity contribution in [2.45, 2.75) is 25.7 Å². The highest BCUT2D eigenvalue weighted by atomic mass is 32.2. The molecule has 0 fully saturated rings. The Morgan fingerprint density at radius 1 is 1.42 bits per heavy atom. The van der Waals surface area contributed by atoms with E-state index in [-0.39, 0.29) is 5.78 Å². The predicted molar refractivity (Wildman–Crippen MR) is 86.8 cm³/mol. The third-order valence-corrected chi connectivity index (χ3v) is 5.26. The molecule has 6 heteroatoms. The monoisotopic (exact) mass is 301 g/mol. The van der Waals surface area contributed by atoms with Crippen LogP contribution in [-0.2, 0) is 0 Å². The Morgan fingerprint density at radius 2 is 2.05 bits per heavy atom. The van der Waals surface area contributed by atoms with Crippen molar-refractivity contribution in [3.63, 3.8) is 0 Å². The number of thioether (sulfide) groups is 1. The summed E-state index contributed by atoms with van der Waals surface area (Å²) in [7, 11) is 0. The molecule has 1 rings (SSSR count). The first kappa shape index (κ1) is 16.3. The van der Waals surface area contributed by atoms with Crippen LogP contribution < -0.4 is 11.1 Å². The first-order valence-corrected chi connectivity index (χ1v) is 8.52. The van der Waals surface area contributed by atoms with Crippen LogP contribution in [0.25, 0.3) is 0 Å². The van der Waals surface area contributed by atoms with Crippen molar-refractivity contribution in [2.75, 3.05) is 43.5 Å². The number of nitrogens with two attached hydrogens (primary N) is 1. The molecule has 19 heavy (non-hydrogen) atoms. The van der Waals surface area contributed by atoms with Crippen molar-refractivity contribution in [3.8, 4) is 0 Å². The number of nitrogens with zero attached hydrogens (tertiary/aromatic N) is 1. The van der Waals surface area contributed by atoms with Crippen molar-refractivity contribution in [1.82, 2.24) is 4.90 Å². The van der Waals surface area contributed by atoms with E-state index in [1.165, 1.54) is 11.3 Å². The lowest BCUT2D eigenvalue weighted by molar-refractivity contribution is 0.102. The number of ketones is 1. The minimum Gasteiger partial charge on any atom is -0.396 e. The predicted octanol–water partition coefficient (Wildman–Crippen LogP) is 3.01. The minimum atomic E-state index is 0.0367. The molecule has 3 N–H and O–H groups in total. The number of nitrogen functional groups attached to an aromatic ring is 1. The summed E-state index contributed by atoms with van der Waals surface area (Å²) in [5, 5.41) is 4.42. The Balaban J connectivity index is 2.73. The fraction of sp³-hybridized carbons (Fsp3) is 0.615. The second-order valence-corrected chi connectivity index (χ2v) is 6.05. The number of nitrogens with one attached hydrogen (secondary N) is 1. The van der Waals surface area contributed by atoms with Crippen LogP contribution >= 0.6 is 23.1 Å². The van der Waals surface area contributed by atoms with Gasteiger partial charge >= 0.3 is 0 Å². The lowest BCUT2D eigenvalue weighted by atomic mass is 10.3. The van der Waals surface area contributed by atoms with E-state index in [2.05, 4.69) is 24.1 Å². The number of Topliss-reactive ketones (excluding diaryl/α,β-unsaturated/α-hetero) is 1. The molecule has 4 nitrogen and oxygen atoms in total. The van der Waals surface area contributed by atoms with Gasteiger partial charge in [-0.2, -0.15) is 0 Å². The molecule has 1 aromatic heterocycles. The summed E-state index contributed by atoms with van der Waals surface area (Å²) >= 11 is 3.05. The molecule has 108 valence electrons. The lowest BCUT2D eigenvalue weighted by Crippen LogP contribution is -2.28. The maximum atomic E-state index is 11.5. The second-order valence-electron chi connectivity index (χ2n) is 4.22. The summed E-state index contributed by atoms with van der Waals surface area (Å²) < 4.78 is 0. The molecular formula is C13H23N3OS2. The fourth-order valence-corrected chi connectivity index (χ4v) is 3.83. The summed E-state index contributed by atoms with van der Waals surface area (Å²) in [6.45, 7) is 9.85. The molecule has 0 saturated carbocycles. The van der Waals surface area contributed by atoms with Gasteiger partial charge in [-0.25, -0.2) is 0 Å². The van der Waals surface area contributed by atoms with Crippen molar-refractivity contribution >= 4 is 39.6 Å². The molecule has 0 saturated heterocycles. The quantitative estimate of drug-likeness (QED) is 0.571. The van der Waals surface area contributed by atoms with Crippen LogP contribution in [0, 0.1) is 0 Å². The summed E-state index contributed by atoms with van der Waals surface area (Å²) in [5.41, 5.74) is 6.64. The Kier molecular flexibility index (Phi) is 6.68. The highest BCUT2D eigenvalue weighted by molar-refractivity contribution is 7.99. The molecule has 0 amide bonds. The highest BCUT2D eigenvalue weighted by Gasteiger charge is 2.17. The topological polar surface area (TPSA) is 58.4 Å². The molecule has 0 radical (unpaired) electrons. The van der Waals surface area contributed by atoms with Gasteiger partial charge in [-0.3, -0.25) is 4.79 Å². The van der Waals surface area contributed by atoms with Crippen molar-refractivity contribution in [3.05, 3.63) is 4.88 Å². The first-order valence-electron chi connectivity index (χ1n) is 6.48. The summed E-state index contributed by atoms with van der Waals surface area (Å²) in [5.74, 6) is 0.0367. The number of likely N-dealkylation sites (N-methyl/N-ethyl adjacent to an activating group) is 1. The van der Waals surface area contributed by atoms with Gasteiger partial charge in [0.25, 0.3) is 0 Å². The molecule has 0 aliphatic carbocycles. The van der Waals surface area contributed by atoms with Crippen molar-refractivity contribution in [1.29, 1.82) is 0 Å². The number of anilines is 2. The van der Waals surface area contributed by atoms with Gasteiger partial charge in [-0.15, -0.1) is 23.1 Å². The van der Waals surface area contributed by atoms with Crippen molar-refractivity contribution in [2.24, 2.45) is 0 Å². The zero-order valence-electron chi connectivity index (χ0n) is 12.1. The Hall–Kier alpha value is -0.720. The highest BCUT2D eigenvalue weighted by Crippen LogP contribution is 2.41. The number of carbonyl (C=O) groups excluding carboxylic acids is 1. The molecule has 0 aliphatic rings. The average molecular weight is 301 g/mol. The van der Waals surface area contributed by atoms with Crippen LogP contribution in [0.5, 0.6) is 0 Å². The normalized spacial score (nSPS) is 11.0. The SMILES string of the molecule is CCN(CC)CCNc1sc(C(C)=O)c(N)c1SC. The van der Waals surface area contributed by atoms with Crippen LogP contribution in [0.2, 0.25) is 0 Å². The van der Waals surface area contributed by atoms with Gasteiger partial charge in [0.15, 0.2) is 5.78 Å². The molecule has 0 spiro atoms. The molecule has 0 aliphatic heterocycles. The van der Waals surface area contributed by atoms with E-state index in [9.17, 15) is 4.79 Å². The van der Waals surface area contributed by atoms with Crippen molar-refractivity contribution < 1.29 is 4.79 Å². The zero-order valence-corrected chi connectivity index (χ0v) is 13.7. The lowest BCUT2D eigenvalue weighted by Gasteiger charge is -2.18. The van der Waals surface area contributed by atoms with E-state index >= 15 is 0 Å². The Labute approximate surface area is 123 Å². The molecule has 1 aromatic rings. The third-order valence-electron chi connectivity index (χ3n) is 3.03. The van der Waals surface area contributed by atoms with Gasteiger partial charge in [-0.05, 0) is 19.3 Å². The smallest absolute Gasteiger partial charge is 0.171 e.